The molecule has 1 aliphatic carbocycles. The van der Waals surface area contributed by atoms with Gasteiger partial charge < -0.3 is 10.2 Å². The molecule has 0 bridgehead atoms. The van der Waals surface area contributed by atoms with E-state index in [0.717, 1.165) is 30.8 Å². The van der Waals surface area contributed by atoms with Gasteiger partial charge in [-0.15, -0.1) is 0 Å². The minimum Gasteiger partial charge on any atom is -0.338 e. The average molecular weight is 276 g/mol. The zero-order chi connectivity index (χ0) is 14.7. The molecule has 0 spiro atoms. The summed E-state index contributed by atoms with van der Waals surface area (Å²) in [5.74, 6) is 1.47. The zero-order valence-corrected chi connectivity index (χ0v) is 13.5. The van der Waals surface area contributed by atoms with Gasteiger partial charge in [-0.1, -0.05) is 13.8 Å². The van der Waals surface area contributed by atoms with Crippen molar-refractivity contribution in [2.75, 3.05) is 11.4 Å². The largest absolute Gasteiger partial charge is 0.338 e. The third-order valence-electron chi connectivity index (χ3n) is 3.67. The molecule has 20 heavy (non-hydrogen) atoms. The van der Waals surface area contributed by atoms with Crippen LogP contribution in [0, 0.1) is 12.8 Å². The number of aromatic nitrogens is 2. The number of hydrogen-bond donors (Lipinski definition) is 1. The standard InChI is InChI=1S/C16H28N4/c1-11(2)10-20(12(3)4)16-18-9-14(13(5)19-16)8-17-15-6-7-15/h9,11-12,15,17H,6-8,10H2,1-5H3. The van der Waals surface area contributed by atoms with Gasteiger partial charge in [0.15, 0.2) is 0 Å². The summed E-state index contributed by atoms with van der Waals surface area (Å²) >= 11 is 0. The van der Waals surface area contributed by atoms with Crippen molar-refractivity contribution in [1.29, 1.82) is 0 Å². The summed E-state index contributed by atoms with van der Waals surface area (Å²) in [6.45, 7) is 12.8. The molecule has 1 aliphatic rings. The average Bonchev–Trinajstić information content (AvgIpc) is 3.18. The Bertz CT molecular complexity index is 438. The predicted molar refractivity (Wildman–Crippen MR) is 84.0 cm³/mol. The lowest BCUT2D eigenvalue weighted by molar-refractivity contribution is 0.559. The highest BCUT2D eigenvalue weighted by atomic mass is 15.3. The summed E-state index contributed by atoms with van der Waals surface area (Å²) in [6, 6.07) is 1.15. The van der Waals surface area contributed by atoms with Crippen LogP contribution in [-0.2, 0) is 6.54 Å². The van der Waals surface area contributed by atoms with E-state index in [2.05, 4.69) is 49.8 Å². The molecular weight excluding hydrogens is 248 g/mol. The molecule has 0 atom stereocenters. The van der Waals surface area contributed by atoms with Crippen LogP contribution < -0.4 is 10.2 Å². The van der Waals surface area contributed by atoms with Gasteiger partial charge in [-0.05, 0) is 39.5 Å². The third-order valence-corrected chi connectivity index (χ3v) is 3.67. The first kappa shape index (κ1) is 15.2. The Labute approximate surface area is 123 Å². The molecule has 4 nitrogen and oxygen atoms in total. The first-order chi connectivity index (χ1) is 9.47. The van der Waals surface area contributed by atoms with Gasteiger partial charge in [0, 0.05) is 42.6 Å². The fraction of sp³-hybridized carbons (Fsp3) is 0.750. The molecule has 0 aromatic carbocycles. The lowest BCUT2D eigenvalue weighted by Crippen LogP contribution is -2.35. The van der Waals surface area contributed by atoms with E-state index in [0.29, 0.717) is 12.0 Å². The van der Waals surface area contributed by atoms with E-state index in [4.69, 9.17) is 4.98 Å². The minimum absolute atomic E-state index is 0.423. The second kappa shape index (κ2) is 6.53. The molecule has 1 fully saturated rings. The fourth-order valence-corrected chi connectivity index (χ4v) is 2.25. The summed E-state index contributed by atoms with van der Waals surface area (Å²) in [7, 11) is 0. The lowest BCUT2D eigenvalue weighted by Gasteiger charge is -2.28. The second-order valence-corrected chi connectivity index (χ2v) is 6.58. The Morgan fingerprint density at radius 3 is 2.50 bits per heavy atom. The van der Waals surface area contributed by atoms with E-state index in [1.165, 1.54) is 18.4 Å². The highest BCUT2D eigenvalue weighted by Crippen LogP contribution is 2.20. The lowest BCUT2D eigenvalue weighted by atomic mass is 10.2. The number of anilines is 1. The highest BCUT2D eigenvalue weighted by molar-refractivity contribution is 5.34. The molecule has 0 aliphatic heterocycles. The van der Waals surface area contributed by atoms with Crippen LogP contribution in [0.5, 0.6) is 0 Å². The summed E-state index contributed by atoms with van der Waals surface area (Å²) < 4.78 is 0. The molecule has 1 aromatic rings. The summed E-state index contributed by atoms with van der Waals surface area (Å²) in [5, 5.41) is 3.52. The van der Waals surface area contributed by atoms with E-state index >= 15 is 0 Å². The van der Waals surface area contributed by atoms with Gasteiger partial charge in [0.2, 0.25) is 5.95 Å². The number of rotatable bonds is 7. The van der Waals surface area contributed by atoms with E-state index in [9.17, 15) is 0 Å². The smallest absolute Gasteiger partial charge is 0.225 e. The van der Waals surface area contributed by atoms with Crippen LogP contribution in [-0.4, -0.2) is 28.6 Å². The van der Waals surface area contributed by atoms with E-state index in [1.54, 1.807) is 0 Å². The van der Waals surface area contributed by atoms with Gasteiger partial charge in [-0.2, -0.15) is 0 Å². The number of nitrogens with one attached hydrogen (secondary N) is 1. The minimum atomic E-state index is 0.423. The first-order valence-corrected chi connectivity index (χ1v) is 7.80. The molecular formula is C16H28N4. The van der Waals surface area contributed by atoms with Gasteiger partial charge in [0.25, 0.3) is 0 Å². The van der Waals surface area contributed by atoms with E-state index in [-0.39, 0.29) is 0 Å². The van der Waals surface area contributed by atoms with Crippen LogP contribution in [0.15, 0.2) is 6.20 Å². The Balaban J connectivity index is 2.08. The van der Waals surface area contributed by atoms with Gasteiger partial charge in [-0.3, -0.25) is 0 Å². The van der Waals surface area contributed by atoms with Crippen LogP contribution in [0.1, 0.15) is 51.8 Å². The summed E-state index contributed by atoms with van der Waals surface area (Å²) in [4.78, 5) is 11.6. The Hall–Kier alpha value is -1.16. The maximum atomic E-state index is 4.72. The van der Waals surface area contributed by atoms with Crippen LogP contribution in [0.3, 0.4) is 0 Å². The summed E-state index contributed by atoms with van der Waals surface area (Å²) in [6.07, 6.45) is 4.61. The first-order valence-electron chi connectivity index (χ1n) is 7.80. The van der Waals surface area contributed by atoms with Crippen molar-refractivity contribution < 1.29 is 0 Å². The van der Waals surface area contributed by atoms with Crippen molar-refractivity contribution in [2.24, 2.45) is 5.92 Å². The van der Waals surface area contributed by atoms with Crippen molar-refractivity contribution in [3.8, 4) is 0 Å². The van der Waals surface area contributed by atoms with Gasteiger partial charge in [-0.25, -0.2) is 9.97 Å². The molecule has 4 heteroatoms. The third kappa shape index (κ3) is 4.17. The van der Waals surface area contributed by atoms with Gasteiger partial charge in [0.1, 0.15) is 0 Å². The molecule has 0 unspecified atom stereocenters. The monoisotopic (exact) mass is 276 g/mol. The molecule has 112 valence electrons. The van der Waals surface area contributed by atoms with Crippen LogP contribution in [0.2, 0.25) is 0 Å². The maximum Gasteiger partial charge on any atom is 0.225 e. The molecule has 0 amide bonds. The van der Waals surface area contributed by atoms with E-state index in [1.807, 2.05) is 6.20 Å². The van der Waals surface area contributed by atoms with Gasteiger partial charge >= 0.3 is 0 Å². The normalized spacial score (nSPS) is 15.2. The number of aryl methyl sites for hydroxylation is 1. The molecule has 1 N–H and O–H groups in total. The quantitative estimate of drug-likeness (QED) is 0.831. The van der Waals surface area contributed by atoms with Crippen LogP contribution >= 0.6 is 0 Å². The topological polar surface area (TPSA) is 41.1 Å². The van der Waals surface area contributed by atoms with Crippen molar-refractivity contribution in [1.82, 2.24) is 15.3 Å². The van der Waals surface area contributed by atoms with Crippen LogP contribution in [0.25, 0.3) is 0 Å². The molecule has 0 saturated heterocycles. The highest BCUT2D eigenvalue weighted by Gasteiger charge is 2.21. The number of hydrogen-bond acceptors (Lipinski definition) is 4. The SMILES string of the molecule is Cc1nc(N(CC(C)C)C(C)C)ncc1CNC1CC1. The zero-order valence-electron chi connectivity index (χ0n) is 13.5. The molecule has 2 rings (SSSR count). The molecule has 1 heterocycles. The predicted octanol–water partition coefficient (Wildman–Crippen LogP) is 2.91. The Morgan fingerprint density at radius 1 is 1.30 bits per heavy atom. The maximum absolute atomic E-state index is 4.72. The summed E-state index contributed by atoms with van der Waals surface area (Å²) in [5.41, 5.74) is 2.31. The Kier molecular flexibility index (Phi) is 4.97. The second-order valence-electron chi connectivity index (χ2n) is 6.58. The van der Waals surface area contributed by atoms with Crippen molar-refractivity contribution in [3.63, 3.8) is 0 Å². The Morgan fingerprint density at radius 2 is 2.00 bits per heavy atom. The van der Waals surface area contributed by atoms with Crippen LogP contribution in [0.4, 0.5) is 5.95 Å². The van der Waals surface area contributed by atoms with Crippen molar-refractivity contribution >= 4 is 5.95 Å². The van der Waals surface area contributed by atoms with Crippen molar-refractivity contribution in [3.05, 3.63) is 17.5 Å². The molecule has 1 aromatic heterocycles. The fourth-order valence-electron chi connectivity index (χ4n) is 2.25. The van der Waals surface area contributed by atoms with E-state index < -0.39 is 0 Å². The number of nitrogens with zero attached hydrogens (tertiary/aromatic N) is 3. The van der Waals surface area contributed by atoms with Gasteiger partial charge in [0.05, 0.1) is 0 Å². The molecule has 1 saturated carbocycles. The molecule has 0 radical (unpaired) electrons. The van der Waals surface area contributed by atoms with Crippen molar-refractivity contribution in [2.45, 2.75) is 66.1 Å².